The third-order valence-corrected chi connectivity index (χ3v) is 4.33. The van der Waals surface area contributed by atoms with E-state index >= 15 is 0 Å². The Morgan fingerprint density at radius 2 is 1.92 bits per heavy atom. The van der Waals surface area contributed by atoms with Gasteiger partial charge in [0.1, 0.15) is 0 Å². The fraction of sp³-hybridized carbons (Fsp3) is 0.846. The molecule has 0 aromatic heterocycles. The molecule has 2 bridgehead atoms. The van der Waals surface area contributed by atoms with Crippen LogP contribution in [0.15, 0.2) is 11.6 Å². The Balaban J connectivity index is 2.29. The lowest BCUT2D eigenvalue weighted by Gasteiger charge is -2.58. The summed E-state index contributed by atoms with van der Waals surface area (Å²) in [5.41, 5.74) is 2.71. The SMILES string of the molecule is CC(C)(C)C1=CCC2CC1C2(C)C. The molecule has 0 aromatic rings. The van der Waals surface area contributed by atoms with Crippen molar-refractivity contribution < 1.29 is 0 Å². The van der Waals surface area contributed by atoms with Gasteiger partial charge in [0.05, 0.1) is 0 Å². The number of rotatable bonds is 0. The molecule has 3 aliphatic rings. The molecule has 3 aliphatic carbocycles. The van der Waals surface area contributed by atoms with Gasteiger partial charge in [-0.2, -0.15) is 0 Å². The Hall–Kier alpha value is -0.260. The highest BCUT2D eigenvalue weighted by Gasteiger charge is 2.52. The summed E-state index contributed by atoms with van der Waals surface area (Å²) in [5.74, 6) is 1.86. The highest BCUT2D eigenvalue weighted by atomic mass is 14.6. The summed E-state index contributed by atoms with van der Waals surface area (Å²) in [7, 11) is 0. The Morgan fingerprint density at radius 1 is 1.31 bits per heavy atom. The van der Waals surface area contributed by atoms with Crippen molar-refractivity contribution in [2.24, 2.45) is 22.7 Å². The van der Waals surface area contributed by atoms with E-state index < -0.39 is 0 Å². The molecule has 1 saturated carbocycles. The van der Waals surface area contributed by atoms with Crippen LogP contribution >= 0.6 is 0 Å². The van der Waals surface area contributed by atoms with E-state index in [-0.39, 0.29) is 0 Å². The molecule has 3 rings (SSSR count). The van der Waals surface area contributed by atoms with Crippen LogP contribution < -0.4 is 0 Å². The molecule has 0 amide bonds. The van der Waals surface area contributed by atoms with Crippen LogP contribution in [0.1, 0.15) is 47.5 Å². The van der Waals surface area contributed by atoms with E-state index in [0.29, 0.717) is 10.8 Å². The molecule has 0 N–H and O–H groups in total. The summed E-state index contributed by atoms with van der Waals surface area (Å²) in [6.07, 6.45) is 5.30. The van der Waals surface area contributed by atoms with E-state index in [1.807, 2.05) is 0 Å². The van der Waals surface area contributed by atoms with Crippen LogP contribution in [0.25, 0.3) is 0 Å². The zero-order chi connectivity index (χ0) is 9.85. The molecule has 74 valence electrons. The first-order valence-corrected chi connectivity index (χ1v) is 5.54. The van der Waals surface area contributed by atoms with E-state index in [9.17, 15) is 0 Å². The third-order valence-electron chi connectivity index (χ3n) is 4.33. The van der Waals surface area contributed by atoms with E-state index in [2.05, 4.69) is 40.7 Å². The minimum atomic E-state index is 0.396. The molecule has 2 atom stereocenters. The fourth-order valence-electron chi connectivity index (χ4n) is 3.18. The van der Waals surface area contributed by atoms with Crippen molar-refractivity contribution in [3.63, 3.8) is 0 Å². The van der Waals surface area contributed by atoms with E-state index in [1.54, 1.807) is 5.57 Å². The maximum absolute atomic E-state index is 2.52. The van der Waals surface area contributed by atoms with Gasteiger partial charge in [-0.15, -0.1) is 0 Å². The largest absolute Gasteiger partial charge is 0.0842 e. The van der Waals surface area contributed by atoms with Gasteiger partial charge in [-0.1, -0.05) is 46.3 Å². The molecule has 0 nitrogen and oxygen atoms in total. The molecule has 0 radical (unpaired) electrons. The number of hydrogen-bond donors (Lipinski definition) is 0. The maximum atomic E-state index is 2.52. The predicted octanol–water partition coefficient (Wildman–Crippen LogP) is 4.02. The molecular weight excluding hydrogens is 156 g/mol. The Bertz CT molecular complexity index is 250. The smallest absolute Gasteiger partial charge is 0.0141 e. The van der Waals surface area contributed by atoms with Gasteiger partial charge in [0.2, 0.25) is 0 Å². The molecule has 0 spiro atoms. The van der Waals surface area contributed by atoms with Crippen molar-refractivity contribution in [2.45, 2.75) is 47.5 Å². The second-order valence-electron chi connectivity index (χ2n) is 6.45. The van der Waals surface area contributed by atoms with Gasteiger partial charge >= 0.3 is 0 Å². The monoisotopic (exact) mass is 178 g/mol. The van der Waals surface area contributed by atoms with Gasteiger partial charge in [0.15, 0.2) is 0 Å². The van der Waals surface area contributed by atoms with Crippen molar-refractivity contribution in [2.75, 3.05) is 0 Å². The van der Waals surface area contributed by atoms with Crippen LogP contribution in [0.2, 0.25) is 0 Å². The van der Waals surface area contributed by atoms with Gasteiger partial charge in [-0.3, -0.25) is 0 Å². The van der Waals surface area contributed by atoms with Crippen molar-refractivity contribution in [1.82, 2.24) is 0 Å². The standard InChI is InChI=1S/C13H22/c1-12(2,3)10-7-6-9-8-11(10)13(9,4)5/h7,9,11H,6,8H2,1-5H3. The van der Waals surface area contributed by atoms with Crippen LogP contribution in [0, 0.1) is 22.7 Å². The fourth-order valence-corrected chi connectivity index (χ4v) is 3.18. The molecular formula is C13H22. The molecule has 2 unspecified atom stereocenters. The average Bonchev–Trinajstić information content (AvgIpc) is 2.02. The lowest BCUT2D eigenvalue weighted by atomic mass is 9.46. The van der Waals surface area contributed by atoms with Gasteiger partial charge < -0.3 is 0 Å². The van der Waals surface area contributed by atoms with Gasteiger partial charge in [0.25, 0.3) is 0 Å². The van der Waals surface area contributed by atoms with Crippen molar-refractivity contribution in [1.29, 1.82) is 0 Å². The first-order valence-electron chi connectivity index (χ1n) is 5.54. The quantitative estimate of drug-likeness (QED) is 0.491. The van der Waals surface area contributed by atoms with Gasteiger partial charge in [0, 0.05) is 0 Å². The first kappa shape index (κ1) is 9.30. The molecule has 0 saturated heterocycles. The van der Waals surface area contributed by atoms with Crippen LogP contribution in [-0.4, -0.2) is 0 Å². The lowest BCUT2D eigenvalue weighted by Crippen LogP contribution is -2.50. The highest BCUT2D eigenvalue weighted by molar-refractivity contribution is 5.27. The van der Waals surface area contributed by atoms with Crippen LogP contribution in [0.5, 0.6) is 0 Å². The van der Waals surface area contributed by atoms with Gasteiger partial charge in [-0.05, 0) is 35.5 Å². The van der Waals surface area contributed by atoms with E-state index in [4.69, 9.17) is 0 Å². The maximum Gasteiger partial charge on any atom is -0.0141 e. The minimum Gasteiger partial charge on any atom is -0.0842 e. The Labute approximate surface area is 82.4 Å². The summed E-state index contributed by atoms with van der Waals surface area (Å²) in [6, 6.07) is 0. The minimum absolute atomic E-state index is 0.396. The molecule has 0 aromatic carbocycles. The lowest BCUT2D eigenvalue weighted by molar-refractivity contribution is -0.0176. The summed E-state index contributed by atoms with van der Waals surface area (Å²) >= 11 is 0. The van der Waals surface area contributed by atoms with Crippen LogP contribution in [0.4, 0.5) is 0 Å². The van der Waals surface area contributed by atoms with Crippen molar-refractivity contribution in [3.05, 3.63) is 11.6 Å². The normalized spacial score (nSPS) is 36.5. The zero-order valence-electron chi connectivity index (χ0n) is 9.65. The zero-order valence-corrected chi connectivity index (χ0v) is 9.65. The topological polar surface area (TPSA) is 0 Å². The molecule has 13 heavy (non-hydrogen) atoms. The Kier molecular flexibility index (Phi) is 1.72. The Morgan fingerprint density at radius 3 is 2.23 bits per heavy atom. The first-order chi connectivity index (χ1) is 5.83. The van der Waals surface area contributed by atoms with E-state index in [1.165, 1.54) is 12.8 Å². The third kappa shape index (κ3) is 1.18. The van der Waals surface area contributed by atoms with Crippen molar-refractivity contribution >= 4 is 0 Å². The van der Waals surface area contributed by atoms with Gasteiger partial charge in [-0.25, -0.2) is 0 Å². The van der Waals surface area contributed by atoms with E-state index in [0.717, 1.165) is 11.8 Å². The number of allylic oxidation sites excluding steroid dienone is 2. The summed E-state index contributed by atoms with van der Waals surface area (Å²) < 4.78 is 0. The van der Waals surface area contributed by atoms with Crippen LogP contribution in [0.3, 0.4) is 0 Å². The van der Waals surface area contributed by atoms with Crippen molar-refractivity contribution in [3.8, 4) is 0 Å². The number of fused-ring (bicyclic) bond motifs is 1. The molecule has 0 aliphatic heterocycles. The number of hydrogen-bond acceptors (Lipinski definition) is 0. The second kappa shape index (κ2) is 2.40. The summed E-state index contributed by atoms with van der Waals surface area (Å²) in [6.45, 7) is 12.0. The second-order valence-corrected chi connectivity index (χ2v) is 6.45. The summed E-state index contributed by atoms with van der Waals surface area (Å²) in [4.78, 5) is 0. The predicted molar refractivity (Wildman–Crippen MR) is 57.5 cm³/mol. The highest BCUT2D eigenvalue weighted by Crippen LogP contribution is 2.62. The molecule has 1 fully saturated rings. The molecule has 0 heteroatoms. The van der Waals surface area contributed by atoms with Crippen LogP contribution in [-0.2, 0) is 0 Å². The average molecular weight is 178 g/mol. The molecule has 0 heterocycles. The summed E-state index contributed by atoms with van der Waals surface area (Å²) in [5, 5.41) is 0.